The highest BCUT2D eigenvalue weighted by Crippen LogP contribution is 2.34. The molecule has 0 spiro atoms. The maximum absolute atomic E-state index is 13.7. The van der Waals surface area contributed by atoms with E-state index in [1.54, 1.807) is 16.2 Å². The Labute approximate surface area is 222 Å². The van der Waals surface area contributed by atoms with Crippen LogP contribution in [-0.2, 0) is 11.2 Å². The molecule has 4 rings (SSSR count). The number of benzene rings is 2. The molecule has 196 valence electrons. The highest BCUT2D eigenvalue weighted by Gasteiger charge is 2.36. The number of nitrogens with zero attached hydrogens (tertiary/aromatic N) is 2. The van der Waals surface area contributed by atoms with Gasteiger partial charge in [0.2, 0.25) is 5.91 Å². The summed E-state index contributed by atoms with van der Waals surface area (Å²) in [5.74, 6) is 0.369. The first-order valence-corrected chi connectivity index (χ1v) is 13.6. The molecule has 2 amide bonds. The Morgan fingerprint density at radius 2 is 1.76 bits per heavy atom. The van der Waals surface area contributed by atoms with Crippen LogP contribution in [0.4, 0.5) is 4.39 Å². The monoisotopic (exact) mass is 522 g/mol. The number of thiophene rings is 1. The first-order chi connectivity index (χ1) is 17.5. The van der Waals surface area contributed by atoms with Gasteiger partial charge in [-0.2, -0.15) is 0 Å². The van der Waals surface area contributed by atoms with Gasteiger partial charge in [0.15, 0.2) is 0 Å². The predicted octanol–water partition coefficient (Wildman–Crippen LogP) is 6.46. The zero-order chi connectivity index (χ0) is 26.7. The van der Waals surface area contributed by atoms with Crippen LogP contribution >= 0.6 is 11.3 Å². The standard InChI is InChI=1S/C30H35FN2O3S/c1-20(2)21-8-12-24(13-9-21)36-19-26-25-15-17-37-27(25)14-16-32(26)28(34)18-33(30(3,4)5)29(35)22-6-10-23(31)11-7-22/h6-13,15,17,20,26H,14,16,18-19H2,1-5H3/t26-/m0/s1. The Kier molecular flexibility index (Phi) is 8.02. The van der Waals surface area contributed by atoms with Gasteiger partial charge in [-0.25, -0.2) is 4.39 Å². The molecule has 1 aromatic heterocycles. The number of hydrogen-bond donors (Lipinski definition) is 0. The number of amides is 2. The minimum atomic E-state index is -0.603. The second-order valence-electron chi connectivity index (χ2n) is 10.8. The number of carbonyl (C=O) groups is 2. The van der Waals surface area contributed by atoms with Crippen LogP contribution < -0.4 is 4.74 Å². The highest BCUT2D eigenvalue weighted by molar-refractivity contribution is 7.10. The normalized spacial score (nSPS) is 15.4. The molecule has 0 unspecified atom stereocenters. The fraction of sp³-hybridized carbons (Fsp3) is 0.400. The van der Waals surface area contributed by atoms with Crippen molar-refractivity contribution in [1.29, 1.82) is 0 Å². The molecule has 2 aromatic carbocycles. The molecule has 0 saturated carbocycles. The average Bonchev–Trinajstić information content (AvgIpc) is 3.34. The van der Waals surface area contributed by atoms with E-state index in [4.69, 9.17) is 4.74 Å². The lowest BCUT2D eigenvalue weighted by Crippen LogP contribution is -2.53. The molecule has 0 aliphatic carbocycles. The number of rotatable bonds is 7. The molecule has 1 aliphatic rings. The van der Waals surface area contributed by atoms with E-state index >= 15 is 0 Å². The third kappa shape index (κ3) is 6.21. The van der Waals surface area contributed by atoms with Gasteiger partial charge in [0.25, 0.3) is 5.91 Å². The van der Waals surface area contributed by atoms with Crippen molar-refractivity contribution < 1.29 is 18.7 Å². The molecule has 3 aromatic rings. The van der Waals surface area contributed by atoms with E-state index in [1.807, 2.05) is 37.8 Å². The second kappa shape index (κ2) is 11.1. The largest absolute Gasteiger partial charge is 0.491 e. The van der Waals surface area contributed by atoms with Gasteiger partial charge in [0.05, 0.1) is 6.04 Å². The van der Waals surface area contributed by atoms with Gasteiger partial charge in [0.1, 0.15) is 24.7 Å². The zero-order valence-corrected chi connectivity index (χ0v) is 23.0. The van der Waals surface area contributed by atoms with Crippen LogP contribution in [0.2, 0.25) is 0 Å². The van der Waals surface area contributed by atoms with Gasteiger partial charge in [-0.3, -0.25) is 9.59 Å². The Morgan fingerprint density at radius 3 is 2.38 bits per heavy atom. The zero-order valence-electron chi connectivity index (χ0n) is 22.2. The molecule has 0 bridgehead atoms. The van der Waals surface area contributed by atoms with Crippen molar-refractivity contribution >= 4 is 23.2 Å². The van der Waals surface area contributed by atoms with Crippen molar-refractivity contribution in [3.05, 3.63) is 87.4 Å². The SMILES string of the molecule is CC(C)c1ccc(OC[C@H]2c3ccsc3CCN2C(=O)CN(C(=O)c2ccc(F)cc2)C(C)(C)C)cc1. The number of ether oxygens (including phenoxy) is 1. The van der Waals surface area contributed by atoms with Gasteiger partial charge < -0.3 is 14.5 Å². The molecule has 37 heavy (non-hydrogen) atoms. The molecule has 1 aliphatic heterocycles. The Hall–Kier alpha value is -3.19. The van der Waals surface area contributed by atoms with Crippen molar-refractivity contribution in [2.45, 2.75) is 58.5 Å². The average molecular weight is 523 g/mol. The van der Waals surface area contributed by atoms with Crippen LogP contribution in [0, 0.1) is 5.82 Å². The van der Waals surface area contributed by atoms with Crippen LogP contribution in [0.3, 0.4) is 0 Å². The summed E-state index contributed by atoms with van der Waals surface area (Å²) in [6.07, 6.45) is 0.778. The number of hydrogen-bond acceptors (Lipinski definition) is 4. The van der Waals surface area contributed by atoms with Gasteiger partial charge in [-0.05, 0) is 92.1 Å². The lowest BCUT2D eigenvalue weighted by Gasteiger charge is -2.40. The van der Waals surface area contributed by atoms with E-state index in [-0.39, 0.29) is 24.4 Å². The molecular formula is C30H35FN2O3S. The van der Waals surface area contributed by atoms with Gasteiger partial charge in [-0.1, -0.05) is 26.0 Å². The fourth-order valence-corrected chi connectivity index (χ4v) is 5.51. The summed E-state index contributed by atoms with van der Waals surface area (Å²) >= 11 is 1.70. The van der Waals surface area contributed by atoms with E-state index in [0.717, 1.165) is 17.7 Å². The van der Waals surface area contributed by atoms with Gasteiger partial charge in [0, 0.05) is 22.5 Å². The van der Waals surface area contributed by atoms with Crippen LogP contribution in [0.5, 0.6) is 5.75 Å². The van der Waals surface area contributed by atoms with E-state index < -0.39 is 11.4 Å². The molecular weight excluding hydrogens is 487 g/mol. The molecule has 0 saturated heterocycles. The summed E-state index contributed by atoms with van der Waals surface area (Å²) in [7, 11) is 0. The summed E-state index contributed by atoms with van der Waals surface area (Å²) in [5, 5.41) is 2.06. The molecule has 7 heteroatoms. The fourth-order valence-electron chi connectivity index (χ4n) is 4.59. The highest BCUT2D eigenvalue weighted by atomic mass is 32.1. The van der Waals surface area contributed by atoms with Crippen molar-refractivity contribution in [3.63, 3.8) is 0 Å². The van der Waals surface area contributed by atoms with Crippen LogP contribution in [0.1, 0.15) is 72.9 Å². The van der Waals surface area contributed by atoms with Crippen LogP contribution in [-0.4, -0.2) is 46.8 Å². The molecule has 0 fully saturated rings. The van der Waals surface area contributed by atoms with E-state index in [1.165, 1.54) is 34.7 Å². The Balaban J connectivity index is 1.54. The quantitative estimate of drug-likeness (QED) is 0.358. The lowest BCUT2D eigenvalue weighted by atomic mass is 9.99. The van der Waals surface area contributed by atoms with Gasteiger partial charge >= 0.3 is 0 Å². The Bertz CT molecular complexity index is 1230. The van der Waals surface area contributed by atoms with E-state index in [2.05, 4.69) is 37.4 Å². The molecule has 5 nitrogen and oxygen atoms in total. The summed E-state index contributed by atoms with van der Waals surface area (Å²) in [5.41, 5.74) is 2.10. The molecule has 2 heterocycles. The first kappa shape index (κ1) is 26.9. The smallest absolute Gasteiger partial charge is 0.254 e. The number of fused-ring (bicyclic) bond motifs is 1. The third-order valence-corrected chi connectivity index (χ3v) is 7.81. The van der Waals surface area contributed by atoms with Crippen molar-refractivity contribution in [3.8, 4) is 5.75 Å². The van der Waals surface area contributed by atoms with Crippen molar-refractivity contribution in [1.82, 2.24) is 9.80 Å². The number of carbonyl (C=O) groups excluding carboxylic acids is 2. The minimum absolute atomic E-state index is 0.0707. The Morgan fingerprint density at radius 1 is 1.08 bits per heavy atom. The second-order valence-corrected chi connectivity index (χ2v) is 11.8. The van der Waals surface area contributed by atoms with Crippen LogP contribution in [0.25, 0.3) is 0 Å². The molecule has 1 atom stereocenters. The van der Waals surface area contributed by atoms with E-state index in [0.29, 0.717) is 24.6 Å². The van der Waals surface area contributed by atoms with E-state index in [9.17, 15) is 14.0 Å². The first-order valence-electron chi connectivity index (χ1n) is 12.7. The van der Waals surface area contributed by atoms with Crippen LogP contribution in [0.15, 0.2) is 60.0 Å². The number of halogens is 1. The summed E-state index contributed by atoms with van der Waals surface area (Å²) in [6, 6.07) is 15.4. The third-order valence-electron chi connectivity index (χ3n) is 6.81. The molecule has 0 radical (unpaired) electrons. The van der Waals surface area contributed by atoms with Gasteiger partial charge in [-0.15, -0.1) is 11.3 Å². The summed E-state index contributed by atoms with van der Waals surface area (Å²) < 4.78 is 19.6. The maximum Gasteiger partial charge on any atom is 0.254 e. The topological polar surface area (TPSA) is 49.9 Å². The lowest BCUT2D eigenvalue weighted by molar-refractivity contribution is -0.136. The minimum Gasteiger partial charge on any atom is -0.491 e. The summed E-state index contributed by atoms with van der Waals surface area (Å²) in [6.45, 7) is 10.8. The van der Waals surface area contributed by atoms with Crippen molar-refractivity contribution in [2.24, 2.45) is 0 Å². The predicted molar refractivity (Wildman–Crippen MR) is 146 cm³/mol. The molecule has 0 N–H and O–H groups in total. The summed E-state index contributed by atoms with van der Waals surface area (Å²) in [4.78, 5) is 31.8. The van der Waals surface area contributed by atoms with Crippen molar-refractivity contribution in [2.75, 3.05) is 19.7 Å². The maximum atomic E-state index is 13.7.